The van der Waals surface area contributed by atoms with Crippen LogP contribution in [0.4, 0.5) is 0 Å². The van der Waals surface area contributed by atoms with Crippen molar-refractivity contribution in [3.8, 4) is 0 Å². The standard InChI is InChI=1S/C27H53N3O2/c1-26(2,3)14-11-24-10-7-15-29-18-8-16-28(20-12-24)17-9-19-30(23-22-29)21-13-25(31)32-27(4,5)6/h24H,7-23H2,1-6H3. The van der Waals surface area contributed by atoms with Crippen LogP contribution in [0.3, 0.4) is 0 Å². The van der Waals surface area contributed by atoms with E-state index in [4.69, 9.17) is 4.74 Å². The summed E-state index contributed by atoms with van der Waals surface area (Å²) in [5.74, 6) is 0.811. The summed E-state index contributed by atoms with van der Waals surface area (Å²) >= 11 is 0. The highest BCUT2D eigenvalue weighted by molar-refractivity contribution is 5.70. The molecule has 188 valence electrons. The minimum absolute atomic E-state index is 0.0685. The van der Waals surface area contributed by atoms with Crippen LogP contribution in [0.15, 0.2) is 0 Å². The molecule has 0 N–H and O–H groups in total. The summed E-state index contributed by atoms with van der Waals surface area (Å²) in [6.45, 7) is 23.2. The van der Waals surface area contributed by atoms with E-state index in [0.717, 1.165) is 32.1 Å². The Morgan fingerprint density at radius 1 is 0.781 bits per heavy atom. The van der Waals surface area contributed by atoms with Crippen molar-refractivity contribution >= 4 is 5.97 Å². The molecule has 2 rings (SSSR count). The van der Waals surface area contributed by atoms with Gasteiger partial charge in [-0.3, -0.25) is 4.79 Å². The molecule has 0 radical (unpaired) electrons. The van der Waals surface area contributed by atoms with E-state index in [9.17, 15) is 4.79 Å². The van der Waals surface area contributed by atoms with E-state index in [1.807, 2.05) is 20.8 Å². The minimum atomic E-state index is -0.392. The Bertz CT molecular complexity index is 538. The molecule has 2 fully saturated rings. The summed E-state index contributed by atoms with van der Waals surface area (Å²) in [6.07, 6.45) is 9.76. The summed E-state index contributed by atoms with van der Waals surface area (Å²) in [6, 6.07) is 0. The predicted molar refractivity (Wildman–Crippen MR) is 135 cm³/mol. The molecule has 0 saturated carbocycles. The molecule has 5 nitrogen and oxygen atoms in total. The van der Waals surface area contributed by atoms with Gasteiger partial charge in [0.25, 0.3) is 0 Å². The van der Waals surface area contributed by atoms with E-state index >= 15 is 0 Å². The van der Waals surface area contributed by atoms with Gasteiger partial charge in [-0.05, 0) is 116 Å². The highest BCUT2D eigenvalue weighted by atomic mass is 16.6. The zero-order valence-corrected chi connectivity index (χ0v) is 22.3. The molecule has 2 heterocycles. The number of hydrogen-bond donors (Lipinski definition) is 0. The molecule has 0 spiro atoms. The molecule has 32 heavy (non-hydrogen) atoms. The number of fused-ring (bicyclic) bond motifs is 4. The van der Waals surface area contributed by atoms with Crippen LogP contribution >= 0.6 is 0 Å². The summed E-state index contributed by atoms with van der Waals surface area (Å²) in [7, 11) is 0. The predicted octanol–water partition coefficient (Wildman–Crippen LogP) is 5.04. The van der Waals surface area contributed by atoms with Gasteiger partial charge in [0.1, 0.15) is 5.60 Å². The lowest BCUT2D eigenvalue weighted by Crippen LogP contribution is -2.38. The lowest BCUT2D eigenvalue weighted by molar-refractivity contribution is -0.155. The maximum Gasteiger partial charge on any atom is 0.307 e. The van der Waals surface area contributed by atoms with Gasteiger partial charge >= 0.3 is 5.97 Å². The molecule has 0 aromatic carbocycles. The molecule has 2 aliphatic heterocycles. The Kier molecular flexibility index (Phi) is 11.5. The average molecular weight is 452 g/mol. The Hall–Kier alpha value is -0.650. The highest BCUT2D eigenvalue weighted by Crippen LogP contribution is 2.28. The number of ether oxygens (including phenoxy) is 1. The number of esters is 1. The van der Waals surface area contributed by atoms with Crippen molar-refractivity contribution in [2.24, 2.45) is 11.3 Å². The summed E-state index contributed by atoms with van der Waals surface area (Å²) in [5.41, 5.74) is 0.0536. The van der Waals surface area contributed by atoms with Crippen molar-refractivity contribution in [1.29, 1.82) is 0 Å². The van der Waals surface area contributed by atoms with Gasteiger partial charge in [0.15, 0.2) is 0 Å². The molecule has 0 aromatic rings. The first-order valence-corrected chi connectivity index (χ1v) is 13.4. The largest absolute Gasteiger partial charge is 0.460 e. The average Bonchev–Trinajstić information content (AvgIpc) is 2.74. The van der Waals surface area contributed by atoms with Gasteiger partial charge in [-0.25, -0.2) is 0 Å². The van der Waals surface area contributed by atoms with E-state index in [2.05, 4.69) is 35.5 Å². The third kappa shape index (κ3) is 12.6. The summed E-state index contributed by atoms with van der Waals surface area (Å²) in [4.78, 5) is 20.1. The Balaban J connectivity index is 1.92. The van der Waals surface area contributed by atoms with Gasteiger partial charge in [0, 0.05) is 19.6 Å². The number of carbonyl (C=O) groups is 1. The normalized spacial score (nSPS) is 27.5. The summed E-state index contributed by atoms with van der Waals surface area (Å²) in [5, 5.41) is 0. The molecule has 2 bridgehead atoms. The second-order valence-corrected chi connectivity index (χ2v) is 12.5. The van der Waals surface area contributed by atoms with E-state index in [0.29, 0.717) is 11.8 Å². The maximum atomic E-state index is 12.2. The molecule has 0 aliphatic carbocycles. The minimum Gasteiger partial charge on any atom is -0.460 e. The van der Waals surface area contributed by atoms with Gasteiger partial charge in [0.05, 0.1) is 6.42 Å². The van der Waals surface area contributed by atoms with Crippen molar-refractivity contribution in [1.82, 2.24) is 14.7 Å². The molecular weight excluding hydrogens is 398 g/mol. The van der Waals surface area contributed by atoms with Crippen LogP contribution in [0.2, 0.25) is 0 Å². The fraction of sp³-hybridized carbons (Fsp3) is 0.963. The van der Waals surface area contributed by atoms with Gasteiger partial charge in [-0.2, -0.15) is 0 Å². The third-order valence-corrected chi connectivity index (χ3v) is 6.92. The maximum absolute atomic E-state index is 12.2. The molecular formula is C27H53N3O2. The van der Waals surface area contributed by atoms with Gasteiger partial charge in [-0.1, -0.05) is 20.8 Å². The van der Waals surface area contributed by atoms with Crippen molar-refractivity contribution in [3.63, 3.8) is 0 Å². The fourth-order valence-electron chi connectivity index (χ4n) is 5.01. The number of rotatable bonds is 5. The quantitative estimate of drug-likeness (QED) is 0.547. The number of hydrogen-bond acceptors (Lipinski definition) is 5. The molecule has 3 atom stereocenters. The molecule has 3 unspecified atom stereocenters. The molecule has 2 saturated heterocycles. The Morgan fingerprint density at radius 2 is 1.41 bits per heavy atom. The molecule has 0 amide bonds. The number of carbonyl (C=O) groups excluding carboxylic acids is 1. The van der Waals surface area contributed by atoms with E-state index in [1.54, 1.807) is 0 Å². The summed E-state index contributed by atoms with van der Waals surface area (Å²) < 4.78 is 5.53. The van der Waals surface area contributed by atoms with Gasteiger partial charge in [-0.15, -0.1) is 0 Å². The van der Waals surface area contributed by atoms with Crippen molar-refractivity contribution in [2.45, 2.75) is 98.5 Å². The van der Waals surface area contributed by atoms with Crippen molar-refractivity contribution in [2.75, 3.05) is 58.9 Å². The highest BCUT2D eigenvalue weighted by Gasteiger charge is 2.21. The van der Waals surface area contributed by atoms with Crippen molar-refractivity contribution < 1.29 is 9.53 Å². The topological polar surface area (TPSA) is 36.0 Å². The monoisotopic (exact) mass is 451 g/mol. The molecule has 2 aliphatic rings. The lowest BCUT2D eigenvalue weighted by atomic mass is 9.84. The first kappa shape index (κ1) is 27.6. The van der Waals surface area contributed by atoms with Gasteiger partial charge in [0.2, 0.25) is 0 Å². The van der Waals surface area contributed by atoms with E-state index in [1.165, 1.54) is 77.7 Å². The van der Waals surface area contributed by atoms with Crippen LogP contribution in [0.5, 0.6) is 0 Å². The van der Waals surface area contributed by atoms with E-state index < -0.39 is 5.60 Å². The van der Waals surface area contributed by atoms with Crippen LogP contribution in [-0.4, -0.2) is 85.2 Å². The van der Waals surface area contributed by atoms with Crippen molar-refractivity contribution in [3.05, 3.63) is 0 Å². The fourth-order valence-corrected chi connectivity index (χ4v) is 5.01. The first-order chi connectivity index (χ1) is 15.0. The zero-order valence-electron chi connectivity index (χ0n) is 22.3. The lowest BCUT2D eigenvalue weighted by Gasteiger charge is -2.29. The molecule has 5 heteroatoms. The zero-order chi connectivity index (χ0) is 23.6. The van der Waals surface area contributed by atoms with Gasteiger partial charge < -0.3 is 19.4 Å². The first-order valence-electron chi connectivity index (χ1n) is 13.4. The second-order valence-electron chi connectivity index (χ2n) is 12.5. The second kappa shape index (κ2) is 13.3. The smallest absolute Gasteiger partial charge is 0.307 e. The number of nitrogens with zero attached hydrogens (tertiary/aromatic N) is 3. The Morgan fingerprint density at radius 3 is 2.06 bits per heavy atom. The van der Waals surface area contributed by atoms with E-state index in [-0.39, 0.29) is 5.97 Å². The van der Waals surface area contributed by atoms with Crippen LogP contribution < -0.4 is 0 Å². The SMILES string of the molecule is CC(C)(C)CCC1CCCN2CCCN(CCCN(CCC(=O)OC(C)(C)C)CC2)CC1. The Labute approximate surface area is 199 Å². The van der Waals surface area contributed by atoms with Crippen LogP contribution in [-0.2, 0) is 9.53 Å². The van der Waals surface area contributed by atoms with Crippen LogP contribution in [0.25, 0.3) is 0 Å². The van der Waals surface area contributed by atoms with Crippen LogP contribution in [0.1, 0.15) is 92.9 Å². The third-order valence-electron chi connectivity index (χ3n) is 6.92. The van der Waals surface area contributed by atoms with Crippen LogP contribution in [0, 0.1) is 11.3 Å². The molecule has 0 aromatic heterocycles.